The highest BCUT2D eigenvalue weighted by Gasteiger charge is 2.39. The summed E-state index contributed by atoms with van der Waals surface area (Å²) in [6.45, 7) is 10.4. The second-order valence-electron chi connectivity index (χ2n) is 8.06. The summed E-state index contributed by atoms with van der Waals surface area (Å²) < 4.78 is 12.4. The number of para-hydroxylation sites is 1. The van der Waals surface area contributed by atoms with E-state index in [0.717, 1.165) is 41.9 Å². The van der Waals surface area contributed by atoms with Crippen molar-refractivity contribution in [2.75, 3.05) is 0 Å². The molecule has 1 N–H and O–H groups in total. The molecule has 0 radical (unpaired) electrons. The Morgan fingerprint density at radius 1 is 1.14 bits per heavy atom. The Balaban J connectivity index is 1.79. The van der Waals surface area contributed by atoms with Gasteiger partial charge in [-0.2, -0.15) is 0 Å². The first-order chi connectivity index (χ1) is 13.9. The van der Waals surface area contributed by atoms with Crippen molar-refractivity contribution < 1.29 is 14.3 Å². The number of hydrogen-bond donors (Lipinski definition) is 1. The summed E-state index contributed by atoms with van der Waals surface area (Å²) in [5.41, 5.74) is 3.17. The number of amides is 1. The summed E-state index contributed by atoms with van der Waals surface area (Å²) in [7, 11) is 0. The topological polar surface area (TPSA) is 47.6 Å². The molecule has 3 rings (SSSR count). The average molecular weight is 396 g/mol. The van der Waals surface area contributed by atoms with Gasteiger partial charge in [-0.05, 0) is 62.4 Å². The number of nitrogens with one attached hydrogen (secondary N) is 1. The quantitative estimate of drug-likeness (QED) is 0.658. The van der Waals surface area contributed by atoms with Crippen LogP contribution in [-0.2, 0) is 4.79 Å². The van der Waals surface area contributed by atoms with Crippen LogP contribution in [-0.4, -0.2) is 17.6 Å². The highest BCUT2D eigenvalue weighted by Crippen LogP contribution is 2.42. The number of aryl methyl sites for hydroxylation is 2. The molecule has 0 saturated carbocycles. The zero-order chi connectivity index (χ0) is 21.0. The van der Waals surface area contributed by atoms with Gasteiger partial charge in [-0.25, -0.2) is 0 Å². The van der Waals surface area contributed by atoms with Gasteiger partial charge in [-0.15, -0.1) is 0 Å². The van der Waals surface area contributed by atoms with E-state index in [1.807, 2.05) is 49.4 Å². The summed E-state index contributed by atoms with van der Waals surface area (Å²) in [5, 5.41) is 3.25. The highest BCUT2D eigenvalue weighted by atomic mass is 16.5. The maximum atomic E-state index is 13.1. The Hall–Kier alpha value is -2.49. The van der Waals surface area contributed by atoms with Crippen LogP contribution >= 0.6 is 0 Å². The van der Waals surface area contributed by atoms with Gasteiger partial charge in [0.15, 0.2) is 6.10 Å². The highest BCUT2D eigenvalue weighted by molar-refractivity contribution is 5.81. The number of fused-ring (bicyclic) bond motifs is 1. The van der Waals surface area contributed by atoms with Crippen molar-refractivity contribution in [1.82, 2.24) is 5.32 Å². The number of ether oxygens (including phenoxy) is 2. The smallest absolute Gasteiger partial charge is 0.261 e. The predicted octanol–water partition coefficient (Wildman–Crippen LogP) is 5.66. The SMILES string of the molecule is CC[C@@H](Oc1ccc(C)c(C)c1)C(=O)N[C@@H]1CC(CC)(CC)Oc2ccccc21. The van der Waals surface area contributed by atoms with E-state index in [1.54, 1.807) is 0 Å². The van der Waals surface area contributed by atoms with Gasteiger partial charge in [-0.3, -0.25) is 4.79 Å². The van der Waals surface area contributed by atoms with Crippen LogP contribution in [0.15, 0.2) is 42.5 Å². The Morgan fingerprint density at radius 3 is 2.52 bits per heavy atom. The van der Waals surface area contributed by atoms with Crippen molar-refractivity contribution in [3.8, 4) is 11.5 Å². The first-order valence-electron chi connectivity index (χ1n) is 10.7. The lowest BCUT2D eigenvalue weighted by Crippen LogP contribution is -2.47. The fourth-order valence-electron chi connectivity index (χ4n) is 3.97. The maximum absolute atomic E-state index is 13.1. The van der Waals surface area contributed by atoms with E-state index in [-0.39, 0.29) is 17.6 Å². The van der Waals surface area contributed by atoms with Crippen molar-refractivity contribution in [2.45, 2.75) is 78.0 Å². The van der Waals surface area contributed by atoms with Crippen molar-refractivity contribution in [2.24, 2.45) is 0 Å². The third-order valence-electron chi connectivity index (χ3n) is 6.22. The molecule has 4 nitrogen and oxygen atoms in total. The van der Waals surface area contributed by atoms with Gasteiger partial charge in [0, 0.05) is 12.0 Å². The van der Waals surface area contributed by atoms with Gasteiger partial charge >= 0.3 is 0 Å². The third-order valence-corrected chi connectivity index (χ3v) is 6.22. The number of hydrogen-bond acceptors (Lipinski definition) is 3. The molecule has 1 amide bonds. The molecule has 2 aromatic rings. The Bertz CT molecular complexity index is 857. The molecule has 4 heteroatoms. The molecule has 29 heavy (non-hydrogen) atoms. The van der Waals surface area contributed by atoms with Crippen molar-refractivity contribution >= 4 is 5.91 Å². The average Bonchev–Trinajstić information content (AvgIpc) is 2.74. The molecule has 0 aromatic heterocycles. The van der Waals surface area contributed by atoms with Gasteiger partial charge in [0.2, 0.25) is 0 Å². The molecule has 1 aliphatic heterocycles. The second-order valence-corrected chi connectivity index (χ2v) is 8.06. The second kappa shape index (κ2) is 8.89. The van der Waals surface area contributed by atoms with Crippen LogP contribution in [0.3, 0.4) is 0 Å². The van der Waals surface area contributed by atoms with Gasteiger partial charge < -0.3 is 14.8 Å². The van der Waals surface area contributed by atoms with Crippen LogP contribution in [0, 0.1) is 13.8 Å². The van der Waals surface area contributed by atoms with E-state index in [4.69, 9.17) is 9.47 Å². The fourth-order valence-corrected chi connectivity index (χ4v) is 3.97. The molecule has 0 bridgehead atoms. The zero-order valence-corrected chi connectivity index (χ0v) is 18.2. The molecule has 0 unspecified atom stereocenters. The number of carbonyl (C=O) groups excluding carboxylic acids is 1. The van der Waals surface area contributed by atoms with E-state index in [2.05, 4.69) is 33.0 Å². The van der Waals surface area contributed by atoms with E-state index in [9.17, 15) is 4.79 Å². The lowest BCUT2D eigenvalue weighted by atomic mass is 9.83. The molecule has 1 heterocycles. The summed E-state index contributed by atoms with van der Waals surface area (Å²) in [6, 6.07) is 13.9. The van der Waals surface area contributed by atoms with E-state index in [1.165, 1.54) is 5.56 Å². The van der Waals surface area contributed by atoms with Crippen LogP contribution in [0.5, 0.6) is 11.5 Å². The first-order valence-corrected chi connectivity index (χ1v) is 10.7. The number of rotatable bonds is 7. The zero-order valence-electron chi connectivity index (χ0n) is 18.2. The van der Waals surface area contributed by atoms with Crippen LogP contribution in [0.4, 0.5) is 0 Å². The molecule has 0 aliphatic carbocycles. The standard InChI is InChI=1S/C25H33NO3/c1-6-22(28-19-14-13-17(4)18(5)15-19)24(27)26-21-16-25(7-2,8-3)29-23-12-10-9-11-20(21)23/h9-15,21-22H,6-8,16H2,1-5H3,(H,26,27)/t21-,22-/m1/s1. The minimum absolute atomic E-state index is 0.0754. The molecule has 0 saturated heterocycles. The van der Waals surface area contributed by atoms with Crippen LogP contribution < -0.4 is 14.8 Å². The molecule has 156 valence electrons. The van der Waals surface area contributed by atoms with Gasteiger partial charge in [-0.1, -0.05) is 45.0 Å². The third kappa shape index (κ3) is 4.58. The minimum atomic E-state index is -0.523. The summed E-state index contributed by atoms with van der Waals surface area (Å²) >= 11 is 0. The molecule has 2 atom stereocenters. The van der Waals surface area contributed by atoms with Crippen LogP contribution in [0.25, 0.3) is 0 Å². The lowest BCUT2D eigenvalue weighted by Gasteiger charge is -2.42. The van der Waals surface area contributed by atoms with Crippen LogP contribution in [0.1, 0.15) is 69.2 Å². The van der Waals surface area contributed by atoms with Gasteiger partial charge in [0.1, 0.15) is 17.1 Å². The lowest BCUT2D eigenvalue weighted by molar-refractivity contribution is -0.129. The molecule has 2 aromatic carbocycles. The number of benzene rings is 2. The fraction of sp³-hybridized carbons (Fsp3) is 0.480. The molecule has 0 fully saturated rings. The maximum Gasteiger partial charge on any atom is 0.261 e. The summed E-state index contributed by atoms with van der Waals surface area (Å²) in [4.78, 5) is 13.1. The van der Waals surface area contributed by atoms with E-state index < -0.39 is 6.10 Å². The normalized spacial score (nSPS) is 18.3. The number of carbonyl (C=O) groups is 1. The van der Waals surface area contributed by atoms with Crippen molar-refractivity contribution in [3.63, 3.8) is 0 Å². The first kappa shape index (κ1) is 21.2. The molecule has 1 aliphatic rings. The van der Waals surface area contributed by atoms with Crippen molar-refractivity contribution in [1.29, 1.82) is 0 Å². The van der Waals surface area contributed by atoms with E-state index in [0.29, 0.717) is 6.42 Å². The minimum Gasteiger partial charge on any atom is -0.487 e. The Kier molecular flexibility index (Phi) is 6.51. The Labute approximate surface area is 174 Å². The molecular formula is C25H33NO3. The summed E-state index contributed by atoms with van der Waals surface area (Å²) in [5.74, 6) is 1.53. The monoisotopic (exact) mass is 395 g/mol. The molecular weight excluding hydrogens is 362 g/mol. The van der Waals surface area contributed by atoms with Crippen LogP contribution in [0.2, 0.25) is 0 Å². The molecule has 0 spiro atoms. The predicted molar refractivity (Wildman–Crippen MR) is 117 cm³/mol. The van der Waals surface area contributed by atoms with Gasteiger partial charge in [0.25, 0.3) is 5.91 Å². The summed E-state index contributed by atoms with van der Waals surface area (Å²) in [6.07, 6.45) is 2.66. The largest absolute Gasteiger partial charge is 0.487 e. The van der Waals surface area contributed by atoms with E-state index >= 15 is 0 Å². The van der Waals surface area contributed by atoms with Gasteiger partial charge in [0.05, 0.1) is 6.04 Å². The Morgan fingerprint density at radius 2 is 1.86 bits per heavy atom. The van der Waals surface area contributed by atoms with Crippen molar-refractivity contribution in [3.05, 3.63) is 59.2 Å².